The van der Waals surface area contributed by atoms with Gasteiger partial charge in [0.2, 0.25) is 10.0 Å². The largest absolute Gasteiger partial charge is 0.416 e. The molecule has 0 bridgehead atoms. The van der Waals surface area contributed by atoms with Crippen molar-refractivity contribution < 1.29 is 26.1 Å². The van der Waals surface area contributed by atoms with Crippen LogP contribution in [0.5, 0.6) is 0 Å². The van der Waals surface area contributed by atoms with Gasteiger partial charge in [0.1, 0.15) is 4.90 Å². The Hall–Kier alpha value is -1.58. The third-order valence-corrected chi connectivity index (χ3v) is 5.93. The van der Waals surface area contributed by atoms with E-state index >= 15 is 0 Å². The lowest BCUT2D eigenvalue weighted by molar-refractivity contribution is -0.137. The Labute approximate surface area is 142 Å². The van der Waals surface area contributed by atoms with Crippen molar-refractivity contribution in [3.63, 3.8) is 0 Å². The number of hydrogen-bond acceptors (Lipinski definition) is 4. The lowest BCUT2D eigenvalue weighted by Crippen LogP contribution is -2.30. The summed E-state index contributed by atoms with van der Waals surface area (Å²) in [5, 5.41) is 3.18. The predicted octanol–water partition coefficient (Wildman–Crippen LogP) is 4.04. The van der Waals surface area contributed by atoms with E-state index in [1.807, 2.05) is 0 Å². The van der Waals surface area contributed by atoms with Crippen LogP contribution in [-0.4, -0.2) is 24.9 Å². The van der Waals surface area contributed by atoms with Gasteiger partial charge in [-0.05, 0) is 32.0 Å². The van der Waals surface area contributed by atoms with E-state index in [1.165, 1.54) is 7.05 Å². The molecule has 2 aromatic rings. The van der Waals surface area contributed by atoms with E-state index in [4.69, 9.17) is 16.1 Å². The third-order valence-electron chi connectivity index (χ3n) is 3.52. The molecule has 0 radical (unpaired) electrons. The highest BCUT2D eigenvalue weighted by molar-refractivity contribution is 7.89. The summed E-state index contributed by atoms with van der Waals surface area (Å²) < 4.78 is 69.3. The van der Waals surface area contributed by atoms with Crippen molar-refractivity contribution >= 4 is 21.6 Å². The summed E-state index contributed by atoms with van der Waals surface area (Å²) in [5.74, 6) is 0.307. The van der Waals surface area contributed by atoms with Crippen LogP contribution in [0.4, 0.5) is 13.2 Å². The first kappa shape index (κ1) is 18.8. The third kappa shape index (κ3) is 3.57. The van der Waals surface area contributed by atoms with Crippen LogP contribution in [0.15, 0.2) is 33.7 Å². The number of nitrogens with zero attached hydrogens (tertiary/aromatic N) is 2. The molecule has 1 aromatic heterocycles. The molecule has 1 aromatic carbocycles. The zero-order valence-corrected chi connectivity index (χ0v) is 14.5. The minimum Gasteiger partial charge on any atom is -0.359 e. The van der Waals surface area contributed by atoms with E-state index in [2.05, 4.69) is 5.16 Å². The van der Waals surface area contributed by atoms with Gasteiger partial charge in [-0.1, -0.05) is 16.8 Å². The fourth-order valence-electron chi connectivity index (χ4n) is 2.01. The van der Waals surface area contributed by atoms with Crippen molar-refractivity contribution in [1.29, 1.82) is 0 Å². The van der Waals surface area contributed by atoms with Crippen LogP contribution < -0.4 is 0 Å². The highest BCUT2D eigenvalue weighted by Gasteiger charge is 2.34. The highest BCUT2D eigenvalue weighted by Crippen LogP contribution is 2.35. The van der Waals surface area contributed by atoms with E-state index in [-0.39, 0.29) is 0 Å². The van der Waals surface area contributed by atoms with Crippen LogP contribution in [-0.2, 0) is 16.2 Å². The molecule has 0 aliphatic heterocycles. The van der Waals surface area contributed by atoms with Crippen molar-refractivity contribution in [2.45, 2.75) is 31.0 Å². The van der Waals surface area contributed by atoms with Gasteiger partial charge in [-0.3, -0.25) is 0 Å². The molecule has 0 N–H and O–H groups in total. The molecule has 0 aliphatic carbocycles. The summed E-state index contributed by atoms with van der Waals surface area (Å²) in [6.45, 7) is 3.25. The van der Waals surface area contributed by atoms with Gasteiger partial charge in [0.15, 0.2) is 5.76 Å². The Kier molecular flexibility index (Phi) is 4.98. The predicted molar refractivity (Wildman–Crippen MR) is 81.1 cm³/mol. The second-order valence-corrected chi connectivity index (χ2v) is 7.58. The van der Waals surface area contributed by atoms with Crippen molar-refractivity contribution in [1.82, 2.24) is 9.46 Å². The first-order valence-electron chi connectivity index (χ1n) is 6.72. The molecule has 1 heterocycles. The smallest absolute Gasteiger partial charge is 0.359 e. The fourth-order valence-corrected chi connectivity index (χ4v) is 3.86. The number of benzene rings is 1. The summed E-state index contributed by atoms with van der Waals surface area (Å²) in [6, 6.07) is 2.97. The topological polar surface area (TPSA) is 63.4 Å². The van der Waals surface area contributed by atoms with Crippen LogP contribution in [0.3, 0.4) is 0 Å². The molecule has 0 amide bonds. The summed E-state index contributed by atoms with van der Waals surface area (Å²) in [5.41, 5.74) is -0.441. The van der Waals surface area contributed by atoms with Crippen LogP contribution in [0.2, 0.25) is 5.02 Å². The summed E-state index contributed by atoms with van der Waals surface area (Å²) in [7, 11) is -2.84. The number of aryl methyl sites for hydroxylation is 1. The SMILES string of the molecule is Cc1cc(C(C)N(C)S(=O)(=O)c2ccc(C(F)(F)F)cc2Cl)on1. The minimum absolute atomic E-state index is 0.307. The van der Waals surface area contributed by atoms with Crippen molar-refractivity contribution in [3.8, 4) is 0 Å². The zero-order valence-electron chi connectivity index (χ0n) is 12.9. The monoisotopic (exact) mass is 382 g/mol. The molecule has 0 spiro atoms. The molecule has 1 atom stereocenters. The Morgan fingerprint density at radius 1 is 1.29 bits per heavy atom. The molecule has 2 rings (SSSR count). The average Bonchev–Trinajstić information content (AvgIpc) is 2.91. The van der Waals surface area contributed by atoms with Gasteiger partial charge < -0.3 is 4.52 Å². The first-order valence-corrected chi connectivity index (χ1v) is 8.54. The van der Waals surface area contributed by atoms with E-state index < -0.39 is 37.7 Å². The number of rotatable bonds is 4. The van der Waals surface area contributed by atoms with Crippen molar-refractivity contribution in [2.24, 2.45) is 0 Å². The minimum atomic E-state index is -4.61. The van der Waals surface area contributed by atoms with Gasteiger partial charge in [-0.15, -0.1) is 0 Å². The molecule has 24 heavy (non-hydrogen) atoms. The van der Waals surface area contributed by atoms with Gasteiger partial charge in [0, 0.05) is 13.1 Å². The maximum Gasteiger partial charge on any atom is 0.416 e. The van der Waals surface area contributed by atoms with Gasteiger partial charge in [-0.2, -0.15) is 17.5 Å². The molecular formula is C14H14ClF3N2O3S. The van der Waals surface area contributed by atoms with Crippen LogP contribution in [0.25, 0.3) is 0 Å². The summed E-state index contributed by atoms with van der Waals surface area (Å²) >= 11 is 5.78. The molecule has 0 saturated carbocycles. The Bertz CT molecular complexity index is 849. The zero-order chi connectivity index (χ0) is 18.3. The summed E-state index contributed by atoms with van der Waals surface area (Å²) in [4.78, 5) is -0.414. The second-order valence-electron chi connectivity index (χ2n) is 5.21. The molecule has 0 fully saturated rings. The van der Waals surface area contributed by atoms with Gasteiger partial charge in [0.05, 0.1) is 22.3 Å². The molecule has 0 aliphatic rings. The first-order chi connectivity index (χ1) is 10.9. The van der Waals surface area contributed by atoms with E-state index in [9.17, 15) is 21.6 Å². The van der Waals surface area contributed by atoms with Crippen LogP contribution in [0, 0.1) is 6.92 Å². The fraction of sp³-hybridized carbons (Fsp3) is 0.357. The quantitative estimate of drug-likeness (QED) is 0.800. The molecular weight excluding hydrogens is 369 g/mol. The van der Waals surface area contributed by atoms with Crippen LogP contribution >= 0.6 is 11.6 Å². The number of alkyl halides is 3. The van der Waals surface area contributed by atoms with Crippen molar-refractivity contribution in [3.05, 3.63) is 46.3 Å². The normalized spacial score (nSPS) is 14.2. The van der Waals surface area contributed by atoms with E-state index in [0.29, 0.717) is 23.6 Å². The number of aromatic nitrogens is 1. The Morgan fingerprint density at radius 2 is 1.92 bits per heavy atom. The number of sulfonamides is 1. The molecule has 132 valence electrons. The second kappa shape index (κ2) is 6.38. The lowest BCUT2D eigenvalue weighted by Gasteiger charge is -2.23. The standard InChI is InChI=1S/C14H14ClF3N2O3S/c1-8-6-12(23-19-8)9(2)20(3)24(21,22)13-5-4-10(7-11(13)15)14(16,17)18/h4-7,9H,1-3H3. The Balaban J connectivity index is 2.39. The van der Waals surface area contributed by atoms with Gasteiger partial charge in [-0.25, -0.2) is 8.42 Å². The molecule has 0 saturated heterocycles. The van der Waals surface area contributed by atoms with E-state index in [1.54, 1.807) is 19.9 Å². The number of halogens is 4. The van der Waals surface area contributed by atoms with Gasteiger partial charge >= 0.3 is 6.18 Å². The summed E-state index contributed by atoms with van der Waals surface area (Å²) in [6.07, 6.45) is -4.61. The highest BCUT2D eigenvalue weighted by atomic mass is 35.5. The van der Waals surface area contributed by atoms with Crippen LogP contribution in [0.1, 0.15) is 30.0 Å². The molecule has 1 unspecified atom stereocenters. The van der Waals surface area contributed by atoms with E-state index in [0.717, 1.165) is 10.4 Å². The molecule has 5 nitrogen and oxygen atoms in total. The maximum atomic E-state index is 12.7. The molecule has 10 heteroatoms. The number of hydrogen-bond donors (Lipinski definition) is 0. The van der Waals surface area contributed by atoms with Gasteiger partial charge in [0.25, 0.3) is 0 Å². The lowest BCUT2D eigenvalue weighted by atomic mass is 10.2. The Morgan fingerprint density at radius 3 is 2.38 bits per heavy atom. The maximum absolute atomic E-state index is 12.7. The van der Waals surface area contributed by atoms with Crippen molar-refractivity contribution in [2.75, 3.05) is 7.05 Å². The average molecular weight is 383 g/mol.